The van der Waals surface area contributed by atoms with Crippen molar-refractivity contribution >= 4 is 40.0 Å². The SMILES string of the molecule is CC(=O)N(C=C1Sc2ccccc2C1=O)c1ccccc1-c1nc2ccccc2c(=O)o1. The van der Waals surface area contributed by atoms with Crippen molar-refractivity contribution in [3.63, 3.8) is 0 Å². The lowest BCUT2D eigenvalue weighted by atomic mass is 10.1. The van der Waals surface area contributed by atoms with Crippen LogP contribution in [0.15, 0.2) is 98.0 Å². The lowest BCUT2D eigenvalue weighted by Crippen LogP contribution is -2.24. The number of hydrogen-bond donors (Lipinski definition) is 0. The number of thioether (sulfide) groups is 1. The Balaban J connectivity index is 1.63. The maximum Gasteiger partial charge on any atom is 0.347 e. The quantitative estimate of drug-likeness (QED) is 0.415. The van der Waals surface area contributed by atoms with Crippen molar-refractivity contribution in [2.24, 2.45) is 0 Å². The number of carbonyl (C=O) groups is 2. The molecule has 0 bridgehead atoms. The molecule has 0 atom stereocenters. The molecule has 7 heteroatoms. The van der Waals surface area contributed by atoms with Crippen LogP contribution in [0.2, 0.25) is 0 Å². The Bertz CT molecular complexity index is 1490. The lowest BCUT2D eigenvalue weighted by molar-refractivity contribution is -0.115. The number of aromatic nitrogens is 1. The molecule has 1 aliphatic rings. The number of ketones is 1. The molecule has 1 aliphatic heterocycles. The third kappa shape index (κ3) is 3.42. The molecular formula is C25H16N2O4S. The van der Waals surface area contributed by atoms with Gasteiger partial charge in [0.2, 0.25) is 17.6 Å². The lowest BCUT2D eigenvalue weighted by Gasteiger charge is -2.20. The van der Waals surface area contributed by atoms with E-state index in [2.05, 4.69) is 4.98 Å². The fraction of sp³-hybridized carbons (Fsp3) is 0.0400. The molecule has 0 aliphatic carbocycles. The van der Waals surface area contributed by atoms with E-state index in [-0.39, 0.29) is 17.6 Å². The molecular weight excluding hydrogens is 424 g/mol. The number of para-hydroxylation sites is 2. The second-order valence-electron chi connectivity index (χ2n) is 7.15. The van der Waals surface area contributed by atoms with Crippen molar-refractivity contribution in [1.82, 2.24) is 4.98 Å². The molecule has 3 aromatic carbocycles. The molecule has 156 valence electrons. The highest BCUT2D eigenvalue weighted by Crippen LogP contribution is 2.41. The summed E-state index contributed by atoms with van der Waals surface area (Å²) in [6.07, 6.45) is 1.54. The zero-order valence-corrected chi connectivity index (χ0v) is 17.8. The van der Waals surface area contributed by atoms with Gasteiger partial charge in [-0.1, -0.05) is 48.2 Å². The van der Waals surface area contributed by atoms with Crippen LogP contribution in [0.5, 0.6) is 0 Å². The predicted octanol–water partition coefficient (Wildman–Crippen LogP) is 5.04. The first-order valence-electron chi connectivity index (χ1n) is 9.85. The zero-order valence-electron chi connectivity index (χ0n) is 16.9. The summed E-state index contributed by atoms with van der Waals surface area (Å²) < 4.78 is 5.49. The van der Waals surface area contributed by atoms with E-state index in [1.165, 1.54) is 29.8 Å². The van der Waals surface area contributed by atoms with E-state index < -0.39 is 5.63 Å². The van der Waals surface area contributed by atoms with Crippen molar-refractivity contribution in [3.05, 3.63) is 99.9 Å². The van der Waals surface area contributed by atoms with Gasteiger partial charge >= 0.3 is 5.63 Å². The summed E-state index contributed by atoms with van der Waals surface area (Å²) in [5.74, 6) is -0.329. The van der Waals surface area contributed by atoms with E-state index in [0.717, 1.165) is 4.90 Å². The normalized spacial score (nSPS) is 14.0. The number of nitrogens with zero attached hydrogens (tertiary/aromatic N) is 2. The van der Waals surface area contributed by atoms with Crippen molar-refractivity contribution in [1.29, 1.82) is 0 Å². The first kappa shape index (κ1) is 20.0. The Labute approximate surface area is 187 Å². The fourth-order valence-corrected chi connectivity index (χ4v) is 4.59. The summed E-state index contributed by atoms with van der Waals surface area (Å²) in [7, 11) is 0. The number of allylic oxidation sites excluding steroid dienone is 1. The van der Waals surface area contributed by atoms with Crippen LogP contribution in [0.4, 0.5) is 5.69 Å². The minimum Gasteiger partial charge on any atom is -0.403 e. The summed E-state index contributed by atoms with van der Waals surface area (Å²) in [4.78, 5) is 45.1. The van der Waals surface area contributed by atoms with Crippen LogP contribution < -0.4 is 10.5 Å². The van der Waals surface area contributed by atoms with Crippen LogP contribution in [0, 0.1) is 0 Å². The van der Waals surface area contributed by atoms with Crippen molar-refractivity contribution < 1.29 is 14.0 Å². The van der Waals surface area contributed by atoms with Gasteiger partial charge < -0.3 is 4.42 Å². The highest BCUT2D eigenvalue weighted by Gasteiger charge is 2.27. The highest BCUT2D eigenvalue weighted by molar-refractivity contribution is 8.04. The van der Waals surface area contributed by atoms with Crippen LogP contribution >= 0.6 is 11.8 Å². The minimum atomic E-state index is -0.509. The Kier molecular flexibility index (Phi) is 4.95. The Morgan fingerprint density at radius 3 is 2.41 bits per heavy atom. The van der Waals surface area contributed by atoms with Gasteiger partial charge in [0.05, 0.1) is 27.1 Å². The first-order chi connectivity index (χ1) is 15.5. The smallest absolute Gasteiger partial charge is 0.347 e. The van der Waals surface area contributed by atoms with Crippen LogP contribution in [-0.2, 0) is 4.79 Å². The predicted molar refractivity (Wildman–Crippen MR) is 124 cm³/mol. The van der Waals surface area contributed by atoms with Crippen LogP contribution in [0.1, 0.15) is 17.3 Å². The molecule has 32 heavy (non-hydrogen) atoms. The molecule has 0 radical (unpaired) electrons. The molecule has 5 rings (SSSR count). The summed E-state index contributed by atoms with van der Waals surface area (Å²) in [5, 5.41) is 0.380. The Hall–Kier alpha value is -3.97. The van der Waals surface area contributed by atoms with Gasteiger partial charge in [-0.25, -0.2) is 9.78 Å². The molecule has 0 saturated heterocycles. The molecule has 1 aromatic heterocycles. The van der Waals surface area contributed by atoms with Crippen molar-refractivity contribution in [2.45, 2.75) is 11.8 Å². The molecule has 6 nitrogen and oxygen atoms in total. The average molecular weight is 440 g/mol. The molecule has 0 saturated carbocycles. The van der Waals surface area contributed by atoms with E-state index in [0.29, 0.717) is 32.6 Å². The van der Waals surface area contributed by atoms with Gasteiger partial charge in [-0.05, 0) is 36.4 Å². The molecule has 0 spiro atoms. The summed E-state index contributed by atoms with van der Waals surface area (Å²) >= 11 is 1.32. The highest BCUT2D eigenvalue weighted by atomic mass is 32.2. The largest absolute Gasteiger partial charge is 0.403 e. The monoisotopic (exact) mass is 440 g/mol. The second kappa shape index (κ2) is 7.94. The molecule has 4 aromatic rings. The van der Waals surface area contributed by atoms with Crippen molar-refractivity contribution in [3.8, 4) is 11.5 Å². The second-order valence-corrected chi connectivity index (χ2v) is 8.23. The van der Waals surface area contributed by atoms with Gasteiger partial charge in [-0.3, -0.25) is 14.5 Å². The molecule has 0 N–H and O–H groups in total. The number of Topliss-reactive ketones (excluding diaryl/α,β-unsaturated/α-hetero) is 1. The fourth-order valence-electron chi connectivity index (χ4n) is 3.57. The molecule has 0 unspecified atom stereocenters. The van der Waals surface area contributed by atoms with Crippen LogP contribution in [-0.4, -0.2) is 16.7 Å². The van der Waals surface area contributed by atoms with E-state index >= 15 is 0 Å². The maximum absolute atomic E-state index is 12.8. The summed E-state index contributed by atoms with van der Waals surface area (Å²) in [6.45, 7) is 1.41. The third-order valence-corrected chi connectivity index (χ3v) is 6.18. The van der Waals surface area contributed by atoms with Crippen molar-refractivity contribution in [2.75, 3.05) is 4.90 Å². The standard InChI is InChI=1S/C25H16N2O4S/c1-15(28)27(14-22-23(29)18-10-4-7-13-21(18)32-22)20-12-6-3-9-17(20)24-26-19-11-5-2-8-16(19)25(30)31-24/h2-14H,1H3. The van der Waals surface area contributed by atoms with Gasteiger partial charge in [0, 0.05) is 23.6 Å². The average Bonchev–Trinajstić information content (AvgIpc) is 3.13. The van der Waals surface area contributed by atoms with Gasteiger partial charge in [0.15, 0.2) is 0 Å². The topological polar surface area (TPSA) is 80.5 Å². The van der Waals surface area contributed by atoms with E-state index in [4.69, 9.17) is 4.42 Å². The Morgan fingerprint density at radius 2 is 1.62 bits per heavy atom. The molecule has 2 heterocycles. The van der Waals surface area contributed by atoms with Gasteiger partial charge in [-0.15, -0.1) is 0 Å². The molecule has 1 amide bonds. The third-order valence-electron chi connectivity index (χ3n) is 5.09. The van der Waals surface area contributed by atoms with Gasteiger partial charge in [0.25, 0.3) is 0 Å². The Morgan fingerprint density at radius 1 is 0.938 bits per heavy atom. The van der Waals surface area contributed by atoms with Crippen LogP contribution in [0.3, 0.4) is 0 Å². The minimum absolute atomic E-state index is 0.0997. The number of hydrogen-bond acceptors (Lipinski definition) is 6. The maximum atomic E-state index is 12.8. The number of benzene rings is 3. The number of fused-ring (bicyclic) bond motifs is 2. The summed E-state index contributed by atoms with van der Waals surface area (Å²) in [5.41, 5.74) is 1.53. The molecule has 0 fully saturated rings. The van der Waals surface area contributed by atoms with Gasteiger partial charge in [0.1, 0.15) is 0 Å². The summed E-state index contributed by atoms with van der Waals surface area (Å²) in [6, 6.07) is 21.2. The van der Waals surface area contributed by atoms with E-state index in [9.17, 15) is 14.4 Å². The number of carbonyl (C=O) groups excluding carboxylic acids is 2. The number of amides is 1. The van der Waals surface area contributed by atoms with E-state index in [1.54, 1.807) is 54.6 Å². The van der Waals surface area contributed by atoms with Crippen LogP contribution in [0.25, 0.3) is 22.4 Å². The number of rotatable bonds is 3. The zero-order chi connectivity index (χ0) is 22.2. The van der Waals surface area contributed by atoms with E-state index in [1.807, 2.05) is 18.2 Å². The first-order valence-corrected chi connectivity index (χ1v) is 10.7. The van der Waals surface area contributed by atoms with Gasteiger partial charge in [-0.2, -0.15) is 0 Å². The number of anilines is 1.